The fraction of sp³-hybridized carbons (Fsp3) is 0.615. The molecule has 0 aliphatic carbocycles. The number of ether oxygens (including phenoxy) is 2. The number of carbonyl (C=O) groups is 1. The number of nitrogens with zero attached hydrogens (tertiary/aromatic N) is 2. The van der Waals surface area contributed by atoms with Crippen LogP contribution in [0.3, 0.4) is 0 Å². The predicted molar refractivity (Wildman–Crippen MR) is 69.9 cm³/mol. The summed E-state index contributed by atoms with van der Waals surface area (Å²) in [6, 6.07) is 3.89. The van der Waals surface area contributed by atoms with Gasteiger partial charge < -0.3 is 14.8 Å². The largest absolute Gasteiger partial charge is 0.469 e. The smallest absolute Gasteiger partial charge is 0.307 e. The molecule has 6 nitrogen and oxygen atoms in total. The van der Waals surface area contributed by atoms with Crippen LogP contribution in [0, 0.1) is 0 Å². The van der Waals surface area contributed by atoms with Crippen LogP contribution in [0.4, 0.5) is 5.82 Å². The lowest BCUT2D eigenvalue weighted by Gasteiger charge is -2.20. The Bertz CT molecular complexity index is 402. The van der Waals surface area contributed by atoms with Crippen molar-refractivity contribution < 1.29 is 14.3 Å². The first-order chi connectivity index (χ1) is 9.29. The molecule has 2 heterocycles. The molecule has 1 aromatic rings. The Morgan fingerprint density at radius 3 is 2.84 bits per heavy atom. The maximum atomic E-state index is 11.0. The number of esters is 1. The first kappa shape index (κ1) is 13.7. The Balaban J connectivity index is 1.82. The fourth-order valence-corrected chi connectivity index (χ4v) is 2.04. The van der Waals surface area contributed by atoms with Gasteiger partial charge in [0.1, 0.15) is 5.82 Å². The van der Waals surface area contributed by atoms with Gasteiger partial charge in [0.25, 0.3) is 0 Å². The third kappa shape index (κ3) is 4.17. The molecule has 2 rings (SSSR count). The molecule has 1 fully saturated rings. The Hall–Kier alpha value is -1.69. The second-order valence-electron chi connectivity index (χ2n) is 4.48. The van der Waals surface area contributed by atoms with Crippen molar-refractivity contribution in [1.82, 2.24) is 10.2 Å². The zero-order valence-corrected chi connectivity index (χ0v) is 11.1. The van der Waals surface area contributed by atoms with Gasteiger partial charge in [-0.1, -0.05) is 0 Å². The highest BCUT2D eigenvalue weighted by atomic mass is 16.5. The van der Waals surface area contributed by atoms with Crippen LogP contribution in [0.15, 0.2) is 12.1 Å². The van der Waals surface area contributed by atoms with Gasteiger partial charge in [0.2, 0.25) is 0 Å². The number of anilines is 1. The van der Waals surface area contributed by atoms with E-state index in [0.717, 1.165) is 31.7 Å². The molecule has 0 atom stereocenters. The number of methoxy groups -OCH3 is 1. The van der Waals surface area contributed by atoms with E-state index in [-0.39, 0.29) is 5.97 Å². The highest BCUT2D eigenvalue weighted by Gasteiger charge is 2.17. The van der Waals surface area contributed by atoms with E-state index in [0.29, 0.717) is 24.7 Å². The molecule has 0 radical (unpaired) electrons. The lowest BCUT2D eigenvalue weighted by atomic mass is 9.96. The molecule has 0 saturated carbocycles. The minimum absolute atomic E-state index is 0.237. The molecule has 104 valence electrons. The Labute approximate surface area is 112 Å². The number of aromatic nitrogens is 2. The number of hydrogen-bond acceptors (Lipinski definition) is 6. The summed E-state index contributed by atoms with van der Waals surface area (Å²) in [5.41, 5.74) is 1.02. The van der Waals surface area contributed by atoms with E-state index in [2.05, 4.69) is 20.3 Å². The standard InChI is InChI=1S/C13H19N3O3/c1-18-13(17)4-7-14-12-3-2-11(15-16-12)10-5-8-19-9-6-10/h2-3,10H,4-9H2,1H3,(H,14,16). The van der Waals surface area contributed by atoms with Crippen molar-refractivity contribution in [3.8, 4) is 0 Å². The molecule has 19 heavy (non-hydrogen) atoms. The van der Waals surface area contributed by atoms with Gasteiger partial charge in [-0.15, -0.1) is 5.10 Å². The van der Waals surface area contributed by atoms with Crippen molar-refractivity contribution in [3.05, 3.63) is 17.8 Å². The second kappa shape index (κ2) is 7.04. The number of nitrogens with one attached hydrogen (secondary N) is 1. The lowest BCUT2D eigenvalue weighted by molar-refractivity contribution is -0.140. The first-order valence-electron chi connectivity index (χ1n) is 6.51. The fourth-order valence-electron chi connectivity index (χ4n) is 2.04. The summed E-state index contributed by atoms with van der Waals surface area (Å²) < 4.78 is 9.89. The molecule has 1 N–H and O–H groups in total. The minimum Gasteiger partial charge on any atom is -0.469 e. The average Bonchev–Trinajstić information content (AvgIpc) is 2.48. The molecular formula is C13H19N3O3. The van der Waals surface area contributed by atoms with E-state index in [9.17, 15) is 4.79 Å². The van der Waals surface area contributed by atoms with E-state index in [1.807, 2.05) is 12.1 Å². The van der Waals surface area contributed by atoms with E-state index >= 15 is 0 Å². The third-order valence-electron chi connectivity index (χ3n) is 3.19. The SMILES string of the molecule is COC(=O)CCNc1ccc(C2CCOCC2)nn1. The van der Waals surface area contributed by atoms with Gasteiger partial charge in [-0.25, -0.2) is 0 Å². The van der Waals surface area contributed by atoms with Crippen molar-refractivity contribution in [2.75, 3.05) is 32.2 Å². The molecule has 1 aliphatic heterocycles. The summed E-state index contributed by atoms with van der Waals surface area (Å²) in [5.74, 6) is 0.893. The molecule has 0 spiro atoms. The molecule has 0 bridgehead atoms. The monoisotopic (exact) mass is 265 g/mol. The zero-order valence-electron chi connectivity index (χ0n) is 11.1. The number of hydrogen-bond donors (Lipinski definition) is 1. The molecule has 0 unspecified atom stereocenters. The van der Waals surface area contributed by atoms with E-state index in [1.165, 1.54) is 7.11 Å². The second-order valence-corrected chi connectivity index (χ2v) is 4.48. The van der Waals surface area contributed by atoms with Crippen molar-refractivity contribution in [3.63, 3.8) is 0 Å². The summed E-state index contributed by atoms with van der Waals surface area (Å²) in [6.45, 7) is 2.09. The van der Waals surface area contributed by atoms with Crippen LogP contribution < -0.4 is 5.32 Å². The average molecular weight is 265 g/mol. The number of rotatable bonds is 5. The van der Waals surface area contributed by atoms with Gasteiger partial charge in [0.05, 0.1) is 19.2 Å². The van der Waals surface area contributed by atoms with Crippen LogP contribution >= 0.6 is 0 Å². The van der Waals surface area contributed by atoms with Gasteiger partial charge in [-0.3, -0.25) is 4.79 Å². The first-order valence-corrected chi connectivity index (χ1v) is 6.51. The third-order valence-corrected chi connectivity index (χ3v) is 3.19. The van der Waals surface area contributed by atoms with Crippen LogP contribution in [-0.2, 0) is 14.3 Å². The van der Waals surface area contributed by atoms with Gasteiger partial charge in [0, 0.05) is 25.7 Å². The van der Waals surface area contributed by atoms with Crippen molar-refractivity contribution in [2.24, 2.45) is 0 Å². The van der Waals surface area contributed by atoms with E-state index in [1.54, 1.807) is 0 Å². The lowest BCUT2D eigenvalue weighted by Crippen LogP contribution is -2.16. The van der Waals surface area contributed by atoms with Crippen LogP contribution in [0.2, 0.25) is 0 Å². The summed E-state index contributed by atoms with van der Waals surface area (Å²) in [5, 5.41) is 11.4. The maximum Gasteiger partial charge on any atom is 0.307 e. The van der Waals surface area contributed by atoms with Gasteiger partial charge in [0.15, 0.2) is 0 Å². The molecule has 1 aliphatic rings. The minimum atomic E-state index is -0.237. The molecular weight excluding hydrogens is 246 g/mol. The molecule has 0 aromatic carbocycles. The van der Waals surface area contributed by atoms with E-state index in [4.69, 9.17) is 4.74 Å². The van der Waals surface area contributed by atoms with E-state index < -0.39 is 0 Å². The maximum absolute atomic E-state index is 11.0. The van der Waals surface area contributed by atoms with Crippen LogP contribution in [0.25, 0.3) is 0 Å². The van der Waals surface area contributed by atoms with Crippen molar-refractivity contribution >= 4 is 11.8 Å². The molecule has 1 saturated heterocycles. The normalized spacial score (nSPS) is 16.1. The van der Waals surface area contributed by atoms with Crippen LogP contribution in [0.5, 0.6) is 0 Å². The Morgan fingerprint density at radius 1 is 1.42 bits per heavy atom. The Morgan fingerprint density at radius 2 is 2.21 bits per heavy atom. The van der Waals surface area contributed by atoms with Gasteiger partial charge in [-0.05, 0) is 25.0 Å². The quantitative estimate of drug-likeness (QED) is 0.810. The van der Waals surface area contributed by atoms with Gasteiger partial charge in [-0.2, -0.15) is 5.10 Å². The topological polar surface area (TPSA) is 73.3 Å². The van der Waals surface area contributed by atoms with Crippen molar-refractivity contribution in [2.45, 2.75) is 25.2 Å². The summed E-state index contributed by atoms with van der Waals surface area (Å²) >= 11 is 0. The summed E-state index contributed by atoms with van der Waals surface area (Å²) in [6.07, 6.45) is 2.33. The molecule has 0 amide bonds. The number of carbonyl (C=O) groups excluding carboxylic acids is 1. The highest BCUT2D eigenvalue weighted by Crippen LogP contribution is 2.24. The van der Waals surface area contributed by atoms with Gasteiger partial charge >= 0.3 is 5.97 Å². The molecule has 1 aromatic heterocycles. The molecule has 6 heteroatoms. The summed E-state index contributed by atoms with van der Waals surface area (Å²) in [4.78, 5) is 11.0. The van der Waals surface area contributed by atoms with Crippen LogP contribution in [-0.4, -0.2) is 43.0 Å². The Kier molecular flexibility index (Phi) is 5.09. The van der Waals surface area contributed by atoms with Crippen molar-refractivity contribution in [1.29, 1.82) is 0 Å². The summed E-state index contributed by atoms with van der Waals surface area (Å²) in [7, 11) is 1.38. The predicted octanol–water partition coefficient (Wildman–Crippen LogP) is 1.35. The zero-order chi connectivity index (χ0) is 13.5. The van der Waals surface area contributed by atoms with Crippen LogP contribution in [0.1, 0.15) is 30.9 Å². The highest BCUT2D eigenvalue weighted by molar-refractivity contribution is 5.69.